The minimum absolute atomic E-state index is 0.0183. The number of benzene rings is 2. The summed E-state index contributed by atoms with van der Waals surface area (Å²) in [6.07, 6.45) is 0. The molecule has 0 fully saturated rings. The number of para-hydroxylation sites is 1. The van der Waals surface area contributed by atoms with Gasteiger partial charge in [0.05, 0.1) is 19.2 Å². The molecule has 2 amide bonds. The molecule has 0 bridgehead atoms. The van der Waals surface area contributed by atoms with Crippen LogP contribution in [0.15, 0.2) is 54.6 Å². The maximum Gasteiger partial charge on any atom is 0.317 e. The van der Waals surface area contributed by atoms with E-state index in [-0.39, 0.29) is 12.1 Å². The van der Waals surface area contributed by atoms with E-state index < -0.39 is 0 Å². The van der Waals surface area contributed by atoms with E-state index in [0.29, 0.717) is 19.8 Å². The van der Waals surface area contributed by atoms with Crippen LogP contribution in [-0.4, -0.2) is 50.9 Å². The molecular formula is C20H26N2O3. The van der Waals surface area contributed by atoms with E-state index in [9.17, 15) is 4.79 Å². The first kappa shape index (κ1) is 18.8. The van der Waals surface area contributed by atoms with Crippen molar-refractivity contribution in [1.82, 2.24) is 10.2 Å². The number of ether oxygens (including phenoxy) is 2. The fraction of sp³-hybridized carbons (Fsp3) is 0.350. The monoisotopic (exact) mass is 342 g/mol. The van der Waals surface area contributed by atoms with Crippen LogP contribution in [0.2, 0.25) is 0 Å². The van der Waals surface area contributed by atoms with Crippen LogP contribution >= 0.6 is 0 Å². The Morgan fingerprint density at radius 2 is 1.80 bits per heavy atom. The number of hydrogen-bond acceptors (Lipinski definition) is 3. The number of hydrogen-bond donors (Lipinski definition) is 1. The molecule has 0 saturated heterocycles. The first-order chi connectivity index (χ1) is 12.1. The summed E-state index contributed by atoms with van der Waals surface area (Å²) in [4.78, 5) is 13.7. The van der Waals surface area contributed by atoms with Gasteiger partial charge in [0, 0.05) is 19.7 Å². The van der Waals surface area contributed by atoms with Crippen molar-refractivity contribution in [3.05, 3.63) is 54.6 Å². The average Bonchev–Trinajstić information content (AvgIpc) is 2.65. The minimum atomic E-state index is -0.135. The van der Waals surface area contributed by atoms with Gasteiger partial charge in [-0.1, -0.05) is 48.5 Å². The lowest BCUT2D eigenvalue weighted by atomic mass is 10.1. The third kappa shape index (κ3) is 5.50. The van der Waals surface area contributed by atoms with E-state index in [1.54, 1.807) is 19.1 Å². The van der Waals surface area contributed by atoms with Crippen molar-refractivity contribution in [3.63, 3.8) is 0 Å². The van der Waals surface area contributed by atoms with Crippen LogP contribution < -0.4 is 10.1 Å². The molecule has 2 rings (SSSR count). The Balaban J connectivity index is 1.86. The number of urea groups is 1. The zero-order valence-corrected chi connectivity index (χ0v) is 15.1. The lowest BCUT2D eigenvalue weighted by Gasteiger charge is -2.24. The summed E-state index contributed by atoms with van der Waals surface area (Å²) in [5.74, 6) is 0.809. The largest absolute Gasteiger partial charge is 0.491 e. The van der Waals surface area contributed by atoms with Crippen molar-refractivity contribution in [2.45, 2.75) is 13.0 Å². The van der Waals surface area contributed by atoms with Crippen molar-refractivity contribution >= 4 is 6.03 Å². The second-order valence-electron chi connectivity index (χ2n) is 5.86. The van der Waals surface area contributed by atoms with E-state index in [1.807, 2.05) is 49.4 Å². The van der Waals surface area contributed by atoms with Gasteiger partial charge in [-0.3, -0.25) is 0 Å². The zero-order valence-electron chi connectivity index (χ0n) is 15.1. The molecule has 5 nitrogen and oxygen atoms in total. The summed E-state index contributed by atoms with van der Waals surface area (Å²) in [5, 5.41) is 2.86. The Morgan fingerprint density at radius 1 is 1.12 bits per heavy atom. The zero-order chi connectivity index (χ0) is 18.1. The summed E-state index contributed by atoms with van der Waals surface area (Å²) < 4.78 is 10.9. The molecule has 1 unspecified atom stereocenters. The van der Waals surface area contributed by atoms with Gasteiger partial charge in [0.1, 0.15) is 12.4 Å². The van der Waals surface area contributed by atoms with E-state index in [0.717, 1.165) is 16.9 Å². The van der Waals surface area contributed by atoms with Gasteiger partial charge in [-0.05, 0) is 18.6 Å². The van der Waals surface area contributed by atoms with E-state index in [4.69, 9.17) is 9.47 Å². The number of carbonyl (C=O) groups excluding carboxylic acids is 1. The third-order valence-electron chi connectivity index (χ3n) is 4.00. The quantitative estimate of drug-likeness (QED) is 0.748. The lowest BCUT2D eigenvalue weighted by molar-refractivity contribution is 0.123. The van der Waals surface area contributed by atoms with Gasteiger partial charge in [-0.2, -0.15) is 0 Å². The van der Waals surface area contributed by atoms with Crippen molar-refractivity contribution in [1.29, 1.82) is 0 Å². The molecule has 0 spiro atoms. The van der Waals surface area contributed by atoms with Crippen LogP contribution in [0.5, 0.6) is 5.75 Å². The molecule has 0 aliphatic rings. The van der Waals surface area contributed by atoms with Gasteiger partial charge in [0.15, 0.2) is 0 Å². The fourth-order valence-electron chi connectivity index (χ4n) is 2.45. The van der Waals surface area contributed by atoms with Gasteiger partial charge >= 0.3 is 6.03 Å². The molecule has 2 aromatic rings. The second-order valence-corrected chi connectivity index (χ2v) is 5.86. The summed E-state index contributed by atoms with van der Waals surface area (Å²) in [5.41, 5.74) is 2.15. The van der Waals surface area contributed by atoms with Crippen LogP contribution in [0.1, 0.15) is 6.92 Å². The number of likely N-dealkylation sites (N-methyl/N-ethyl adjacent to an activating group) is 1. The van der Waals surface area contributed by atoms with Gasteiger partial charge in [-0.15, -0.1) is 0 Å². The number of amides is 2. The highest BCUT2D eigenvalue weighted by Crippen LogP contribution is 2.29. The topological polar surface area (TPSA) is 50.8 Å². The van der Waals surface area contributed by atoms with Crippen LogP contribution in [0.25, 0.3) is 11.1 Å². The highest BCUT2D eigenvalue weighted by molar-refractivity contribution is 5.74. The Bertz CT molecular complexity index is 661. The molecular weight excluding hydrogens is 316 g/mol. The minimum Gasteiger partial charge on any atom is -0.491 e. The highest BCUT2D eigenvalue weighted by atomic mass is 16.5. The predicted octanol–water partition coefficient (Wildman–Crippen LogP) is 3.41. The summed E-state index contributed by atoms with van der Waals surface area (Å²) in [6, 6.07) is 17.9. The van der Waals surface area contributed by atoms with Crippen molar-refractivity contribution in [3.8, 4) is 16.9 Å². The summed E-state index contributed by atoms with van der Waals surface area (Å²) >= 11 is 0. The fourth-order valence-corrected chi connectivity index (χ4v) is 2.45. The normalized spacial score (nSPS) is 11.6. The number of methoxy groups -OCH3 is 1. The van der Waals surface area contributed by atoms with Gasteiger partial charge in [-0.25, -0.2) is 4.79 Å². The first-order valence-electron chi connectivity index (χ1n) is 8.40. The highest BCUT2D eigenvalue weighted by Gasteiger charge is 2.14. The molecule has 0 heterocycles. The molecule has 134 valence electrons. The second kappa shape index (κ2) is 9.69. The van der Waals surface area contributed by atoms with E-state index >= 15 is 0 Å². The average molecular weight is 342 g/mol. The molecule has 0 aliphatic carbocycles. The van der Waals surface area contributed by atoms with Gasteiger partial charge in [0.25, 0.3) is 0 Å². The molecule has 2 aromatic carbocycles. The van der Waals surface area contributed by atoms with E-state index in [1.165, 1.54) is 0 Å². The molecule has 1 N–H and O–H groups in total. The Hall–Kier alpha value is -2.53. The first-order valence-corrected chi connectivity index (χ1v) is 8.40. The van der Waals surface area contributed by atoms with Crippen molar-refractivity contribution < 1.29 is 14.3 Å². The number of nitrogens with zero attached hydrogens (tertiary/aromatic N) is 1. The predicted molar refractivity (Wildman–Crippen MR) is 99.9 cm³/mol. The SMILES string of the molecule is COCC(C)N(C)C(=O)NCCOc1ccccc1-c1ccccc1. The summed E-state index contributed by atoms with van der Waals surface area (Å²) in [6.45, 7) is 3.29. The maximum atomic E-state index is 12.1. The van der Waals surface area contributed by atoms with Crippen LogP contribution in [0, 0.1) is 0 Å². The summed E-state index contributed by atoms with van der Waals surface area (Å²) in [7, 11) is 3.38. The lowest BCUT2D eigenvalue weighted by Crippen LogP contribution is -2.45. The number of rotatable bonds is 8. The molecule has 25 heavy (non-hydrogen) atoms. The standard InChI is InChI=1S/C20H26N2O3/c1-16(15-24-3)22(2)20(23)21-13-14-25-19-12-8-7-11-18(19)17-9-5-4-6-10-17/h4-12,16H,13-15H2,1-3H3,(H,21,23). The molecule has 1 atom stereocenters. The van der Waals surface area contributed by atoms with Crippen LogP contribution in [0.3, 0.4) is 0 Å². The van der Waals surface area contributed by atoms with E-state index in [2.05, 4.69) is 17.4 Å². The molecule has 5 heteroatoms. The Labute approximate surface area is 149 Å². The Kier molecular flexibility index (Phi) is 7.29. The molecule has 0 aromatic heterocycles. The maximum absolute atomic E-state index is 12.1. The van der Waals surface area contributed by atoms with Gasteiger partial charge in [0.2, 0.25) is 0 Å². The van der Waals surface area contributed by atoms with Crippen LogP contribution in [0.4, 0.5) is 4.79 Å². The van der Waals surface area contributed by atoms with Gasteiger partial charge < -0.3 is 19.7 Å². The number of carbonyl (C=O) groups is 1. The third-order valence-corrected chi connectivity index (χ3v) is 4.00. The smallest absolute Gasteiger partial charge is 0.317 e. The molecule has 0 saturated carbocycles. The van der Waals surface area contributed by atoms with Crippen LogP contribution in [-0.2, 0) is 4.74 Å². The Morgan fingerprint density at radius 3 is 2.52 bits per heavy atom. The van der Waals surface area contributed by atoms with Crippen molar-refractivity contribution in [2.75, 3.05) is 33.9 Å². The number of nitrogens with one attached hydrogen (secondary N) is 1. The van der Waals surface area contributed by atoms with Crippen molar-refractivity contribution in [2.24, 2.45) is 0 Å². The molecule has 0 radical (unpaired) electrons. The molecule has 0 aliphatic heterocycles.